The summed E-state index contributed by atoms with van der Waals surface area (Å²) in [5, 5.41) is 10.4. The van der Waals surface area contributed by atoms with Crippen LogP contribution in [0, 0.1) is 13.8 Å². The highest BCUT2D eigenvalue weighted by Gasteiger charge is 2.33. The van der Waals surface area contributed by atoms with Crippen LogP contribution >= 0.6 is 11.6 Å². The molecule has 38 heavy (non-hydrogen) atoms. The molecule has 0 saturated heterocycles. The standard InChI is InChI=1S/C29H32ClNO6S/c1-17-15-22(31-38(34,35)24-11-7-6-10-21(24)30)18(2)26(27(28(32)33)37-29(3,4)5)25(17)20-12-13-23-19(16-20)9-8-14-36-23/h6-7,10-13,15-16,27,31H,8-9,14H2,1-5H3,(H,32,33). The second-order valence-corrected chi connectivity index (χ2v) is 12.5. The lowest BCUT2D eigenvalue weighted by molar-refractivity contribution is -0.160. The SMILES string of the molecule is Cc1cc(NS(=O)(=O)c2ccccc2Cl)c(C)c(C(OC(C)(C)C)C(=O)O)c1-c1ccc2c(c1)CCCO2. The fourth-order valence-corrected chi connectivity index (χ4v) is 6.36. The lowest BCUT2D eigenvalue weighted by atomic mass is 9.86. The first-order valence-electron chi connectivity index (χ1n) is 12.4. The molecule has 0 radical (unpaired) electrons. The van der Waals surface area contributed by atoms with Gasteiger partial charge in [-0.15, -0.1) is 0 Å². The van der Waals surface area contributed by atoms with Crippen molar-refractivity contribution in [3.8, 4) is 16.9 Å². The summed E-state index contributed by atoms with van der Waals surface area (Å²) < 4.78 is 41.0. The van der Waals surface area contributed by atoms with E-state index in [1.54, 1.807) is 45.9 Å². The highest BCUT2D eigenvalue weighted by Crippen LogP contribution is 2.42. The summed E-state index contributed by atoms with van der Waals surface area (Å²) in [5.41, 5.74) is 3.56. The third kappa shape index (κ3) is 5.82. The maximum absolute atomic E-state index is 13.3. The van der Waals surface area contributed by atoms with Gasteiger partial charge in [-0.3, -0.25) is 4.72 Å². The average Bonchev–Trinajstić information content (AvgIpc) is 2.83. The van der Waals surface area contributed by atoms with Gasteiger partial charge in [0, 0.05) is 5.56 Å². The molecular weight excluding hydrogens is 526 g/mol. The Morgan fingerprint density at radius 1 is 1.13 bits per heavy atom. The maximum Gasteiger partial charge on any atom is 0.337 e. The Kier molecular flexibility index (Phi) is 7.79. The van der Waals surface area contributed by atoms with Crippen molar-refractivity contribution in [2.24, 2.45) is 0 Å². The molecule has 1 atom stereocenters. The monoisotopic (exact) mass is 557 g/mol. The molecule has 0 amide bonds. The lowest BCUT2D eigenvalue weighted by Gasteiger charge is -2.30. The van der Waals surface area contributed by atoms with Crippen LogP contribution in [-0.2, 0) is 26.0 Å². The number of aryl methyl sites for hydroxylation is 2. The molecule has 9 heteroatoms. The van der Waals surface area contributed by atoms with Gasteiger partial charge in [0.2, 0.25) is 0 Å². The van der Waals surface area contributed by atoms with Gasteiger partial charge in [-0.2, -0.15) is 0 Å². The van der Waals surface area contributed by atoms with Crippen LogP contribution in [0.5, 0.6) is 5.75 Å². The summed E-state index contributed by atoms with van der Waals surface area (Å²) in [6.45, 7) is 9.54. The Balaban J connectivity index is 1.94. The van der Waals surface area contributed by atoms with Gasteiger partial charge in [-0.1, -0.05) is 29.8 Å². The molecule has 0 aromatic heterocycles. The number of aliphatic carboxylic acids is 1. The molecule has 1 unspecified atom stereocenters. The van der Waals surface area contributed by atoms with Gasteiger partial charge >= 0.3 is 5.97 Å². The number of rotatable bonds is 7. The number of carboxylic acids is 1. The van der Waals surface area contributed by atoms with E-state index in [9.17, 15) is 18.3 Å². The minimum absolute atomic E-state index is 0.0697. The molecule has 0 saturated carbocycles. The molecule has 3 aromatic carbocycles. The van der Waals surface area contributed by atoms with E-state index in [2.05, 4.69) is 4.72 Å². The first-order chi connectivity index (χ1) is 17.8. The zero-order valence-corrected chi connectivity index (χ0v) is 23.7. The van der Waals surface area contributed by atoms with Crippen LogP contribution in [0.25, 0.3) is 11.1 Å². The van der Waals surface area contributed by atoms with Gasteiger partial charge in [0.25, 0.3) is 10.0 Å². The number of carboxylic acid groups (broad SMARTS) is 1. The van der Waals surface area contributed by atoms with Gasteiger partial charge < -0.3 is 14.6 Å². The minimum Gasteiger partial charge on any atom is -0.493 e. The topological polar surface area (TPSA) is 102 Å². The zero-order chi connectivity index (χ0) is 27.8. The number of fused-ring (bicyclic) bond motifs is 1. The van der Waals surface area contributed by atoms with E-state index in [1.165, 1.54) is 12.1 Å². The molecule has 0 fully saturated rings. The Hall–Kier alpha value is -3.07. The van der Waals surface area contributed by atoms with Crippen molar-refractivity contribution in [1.29, 1.82) is 0 Å². The van der Waals surface area contributed by atoms with Gasteiger partial charge in [-0.25, -0.2) is 13.2 Å². The lowest BCUT2D eigenvalue weighted by Crippen LogP contribution is -2.28. The fraction of sp³-hybridized carbons (Fsp3) is 0.345. The van der Waals surface area contributed by atoms with Gasteiger partial charge in [0.05, 0.1) is 22.9 Å². The molecular formula is C29H32ClNO6S. The minimum atomic E-state index is -4.06. The Bertz CT molecular complexity index is 1490. The molecule has 1 heterocycles. The largest absolute Gasteiger partial charge is 0.493 e. The molecule has 202 valence electrons. The number of sulfonamides is 1. The number of halogens is 1. The number of hydrogen-bond acceptors (Lipinski definition) is 5. The maximum atomic E-state index is 13.3. The van der Waals surface area contributed by atoms with Crippen molar-refractivity contribution in [2.75, 3.05) is 11.3 Å². The van der Waals surface area contributed by atoms with Crippen molar-refractivity contribution in [1.82, 2.24) is 0 Å². The summed E-state index contributed by atoms with van der Waals surface area (Å²) >= 11 is 6.18. The molecule has 3 aromatic rings. The molecule has 1 aliphatic rings. The predicted octanol–water partition coefficient (Wildman–Crippen LogP) is 6.69. The molecule has 0 bridgehead atoms. The van der Waals surface area contributed by atoms with Gasteiger partial charge in [0.1, 0.15) is 10.6 Å². The van der Waals surface area contributed by atoms with E-state index in [-0.39, 0.29) is 15.6 Å². The molecule has 0 spiro atoms. The summed E-state index contributed by atoms with van der Waals surface area (Å²) in [4.78, 5) is 12.5. The first-order valence-corrected chi connectivity index (χ1v) is 14.2. The zero-order valence-electron chi connectivity index (χ0n) is 22.1. The van der Waals surface area contributed by atoms with E-state index < -0.39 is 27.7 Å². The third-order valence-corrected chi connectivity index (χ3v) is 8.22. The van der Waals surface area contributed by atoms with E-state index in [0.29, 0.717) is 28.9 Å². The Morgan fingerprint density at radius 2 is 1.84 bits per heavy atom. The second kappa shape index (κ2) is 10.6. The Labute approximate surface area is 228 Å². The fourth-order valence-electron chi connectivity index (χ4n) is 4.72. The van der Waals surface area contributed by atoms with Crippen molar-refractivity contribution >= 4 is 33.3 Å². The number of nitrogens with one attached hydrogen (secondary N) is 1. The average molecular weight is 558 g/mol. The highest BCUT2D eigenvalue weighted by molar-refractivity contribution is 7.92. The quantitative estimate of drug-likeness (QED) is 0.335. The summed E-state index contributed by atoms with van der Waals surface area (Å²) in [6, 6.07) is 13.7. The first kappa shape index (κ1) is 28.0. The number of ether oxygens (including phenoxy) is 2. The third-order valence-electron chi connectivity index (χ3n) is 6.36. The smallest absolute Gasteiger partial charge is 0.337 e. The predicted molar refractivity (Wildman–Crippen MR) is 149 cm³/mol. The number of hydrogen-bond donors (Lipinski definition) is 2. The number of anilines is 1. The van der Waals surface area contributed by atoms with Crippen molar-refractivity contribution in [3.63, 3.8) is 0 Å². The van der Waals surface area contributed by atoms with Gasteiger partial charge in [0.15, 0.2) is 6.10 Å². The Morgan fingerprint density at radius 3 is 2.50 bits per heavy atom. The van der Waals surface area contributed by atoms with Crippen LogP contribution < -0.4 is 9.46 Å². The van der Waals surface area contributed by atoms with Crippen LogP contribution in [0.1, 0.15) is 55.5 Å². The van der Waals surface area contributed by atoms with Crippen LogP contribution in [-0.4, -0.2) is 31.7 Å². The van der Waals surface area contributed by atoms with Crippen LogP contribution in [0.2, 0.25) is 5.02 Å². The molecule has 4 rings (SSSR count). The molecule has 7 nitrogen and oxygen atoms in total. The molecule has 2 N–H and O–H groups in total. The van der Waals surface area contributed by atoms with Crippen LogP contribution in [0.15, 0.2) is 53.4 Å². The van der Waals surface area contributed by atoms with E-state index in [1.807, 2.05) is 25.1 Å². The van der Waals surface area contributed by atoms with Crippen LogP contribution in [0.3, 0.4) is 0 Å². The second-order valence-electron chi connectivity index (χ2n) is 10.4. The summed E-state index contributed by atoms with van der Waals surface area (Å²) in [6.07, 6.45) is 0.406. The molecule has 0 aliphatic carbocycles. The molecule has 1 aliphatic heterocycles. The van der Waals surface area contributed by atoms with E-state index in [0.717, 1.165) is 29.7 Å². The normalized spacial score (nSPS) is 14.4. The summed E-state index contributed by atoms with van der Waals surface area (Å²) in [5.74, 6) is -0.350. The summed E-state index contributed by atoms with van der Waals surface area (Å²) in [7, 11) is -4.06. The number of benzene rings is 3. The highest BCUT2D eigenvalue weighted by atomic mass is 35.5. The van der Waals surface area contributed by atoms with E-state index in [4.69, 9.17) is 21.1 Å². The number of carbonyl (C=O) groups is 1. The van der Waals surface area contributed by atoms with Crippen molar-refractivity contribution in [2.45, 2.75) is 64.1 Å². The van der Waals surface area contributed by atoms with Crippen molar-refractivity contribution in [3.05, 3.63) is 75.8 Å². The van der Waals surface area contributed by atoms with Crippen LogP contribution in [0.4, 0.5) is 5.69 Å². The van der Waals surface area contributed by atoms with Crippen molar-refractivity contribution < 1.29 is 27.8 Å². The van der Waals surface area contributed by atoms with E-state index >= 15 is 0 Å². The van der Waals surface area contributed by atoms with Gasteiger partial charge in [-0.05, 0) is 106 Å².